The number of nitrogens with zero attached hydrogens (tertiary/aromatic N) is 2. The topological polar surface area (TPSA) is 46.4 Å². The van der Waals surface area contributed by atoms with E-state index in [1.807, 2.05) is 61.0 Å². The first kappa shape index (κ1) is 18.8. The number of benzene rings is 2. The maximum absolute atomic E-state index is 13.8. The molecule has 0 atom stereocenters. The lowest BCUT2D eigenvalue weighted by atomic mass is 10.1. The molecular weight excluding hydrogens is 372 g/mol. The number of halogens is 2. The average Bonchev–Trinajstić information content (AvgIpc) is 3.09. The van der Waals surface area contributed by atoms with Crippen molar-refractivity contribution in [3.05, 3.63) is 89.2 Å². The number of carbonyl (C=O) groups excluding carboxylic acids is 1. The number of imidazole rings is 1. The molecule has 0 saturated carbocycles. The third-order valence-corrected chi connectivity index (χ3v) is 4.79. The van der Waals surface area contributed by atoms with Crippen molar-refractivity contribution in [1.29, 1.82) is 0 Å². The smallest absolute Gasteiger partial charge is 0.228 e. The number of fused-ring (bicyclic) bond motifs is 1. The molecule has 0 unspecified atom stereocenters. The molecule has 1 N–H and O–H groups in total. The normalized spacial score (nSPS) is 11.0. The second-order valence-corrected chi connectivity index (χ2v) is 7.09. The second kappa shape index (κ2) is 7.47. The van der Waals surface area contributed by atoms with Crippen LogP contribution in [0.1, 0.15) is 16.7 Å². The minimum atomic E-state index is -0.731. The Morgan fingerprint density at radius 3 is 2.69 bits per heavy atom. The molecule has 6 heteroatoms. The number of pyridine rings is 1. The summed E-state index contributed by atoms with van der Waals surface area (Å²) < 4.78 is 28.8. The Kier molecular flexibility index (Phi) is 4.84. The van der Waals surface area contributed by atoms with E-state index in [1.165, 1.54) is 6.07 Å². The number of aromatic nitrogens is 2. The van der Waals surface area contributed by atoms with Crippen LogP contribution in [0.15, 0.2) is 60.9 Å². The lowest BCUT2D eigenvalue weighted by Crippen LogP contribution is -2.16. The van der Waals surface area contributed by atoms with Gasteiger partial charge in [-0.1, -0.05) is 18.2 Å². The Hall–Kier alpha value is -3.54. The molecule has 29 heavy (non-hydrogen) atoms. The first-order valence-corrected chi connectivity index (χ1v) is 9.19. The van der Waals surface area contributed by atoms with Gasteiger partial charge in [0.2, 0.25) is 5.91 Å². The van der Waals surface area contributed by atoms with Gasteiger partial charge in [0.1, 0.15) is 17.3 Å². The molecule has 0 aliphatic heterocycles. The number of rotatable bonds is 4. The van der Waals surface area contributed by atoms with E-state index in [1.54, 1.807) is 0 Å². The fraction of sp³-hybridized carbons (Fsp3) is 0.130. The molecule has 0 radical (unpaired) electrons. The van der Waals surface area contributed by atoms with Gasteiger partial charge in [0.25, 0.3) is 0 Å². The molecule has 2 heterocycles. The second-order valence-electron chi connectivity index (χ2n) is 7.09. The fourth-order valence-electron chi connectivity index (χ4n) is 3.17. The molecule has 1 amide bonds. The van der Waals surface area contributed by atoms with Gasteiger partial charge in [0, 0.05) is 29.7 Å². The summed E-state index contributed by atoms with van der Waals surface area (Å²) in [5.41, 5.74) is 5.27. The molecular formula is C23H19F2N3O. The number of anilines is 1. The molecule has 0 bridgehead atoms. The average molecular weight is 391 g/mol. The SMILES string of the molecule is Cc1ccn2cc(-c3ccc(C)c(NC(=O)Cc4ccc(F)cc4F)c3)nc2c1. The highest BCUT2D eigenvalue weighted by Crippen LogP contribution is 2.26. The predicted octanol–water partition coefficient (Wildman–Crippen LogP) is 5.08. The lowest BCUT2D eigenvalue weighted by molar-refractivity contribution is -0.115. The van der Waals surface area contributed by atoms with E-state index in [4.69, 9.17) is 0 Å². The van der Waals surface area contributed by atoms with Crippen molar-refractivity contribution in [2.75, 3.05) is 5.32 Å². The first-order valence-electron chi connectivity index (χ1n) is 9.19. The van der Waals surface area contributed by atoms with E-state index in [2.05, 4.69) is 10.3 Å². The number of aryl methyl sites for hydroxylation is 2. The van der Waals surface area contributed by atoms with Crippen molar-refractivity contribution in [3.8, 4) is 11.3 Å². The van der Waals surface area contributed by atoms with E-state index < -0.39 is 11.6 Å². The maximum Gasteiger partial charge on any atom is 0.228 e. The number of amides is 1. The van der Waals surface area contributed by atoms with Crippen molar-refractivity contribution in [1.82, 2.24) is 9.38 Å². The molecule has 0 saturated heterocycles. The van der Waals surface area contributed by atoms with Gasteiger partial charge < -0.3 is 9.72 Å². The standard InChI is InChI=1S/C23H19F2N3O/c1-14-7-8-28-13-21(26-22(28)9-14)17-4-3-15(2)20(10-17)27-23(29)11-16-5-6-18(24)12-19(16)25/h3-10,12-13H,11H2,1-2H3,(H,27,29). The maximum atomic E-state index is 13.8. The summed E-state index contributed by atoms with van der Waals surface area (Å²) >= 11 is 0. The third kappa shape index (κ3) is 4.01. The number of hydrogen-bond acceptors (Lipinski definition) is 2. The quantitative estimate of drug-likeness (QED) is 0.527. The first-order chi connectivity index (χ1) is 13.9. The van der Waals surface area contributed by atoms with Crippen LogP contribution >= 0.6 is 0 Å². The summed E-state index contributed by atoms with van der Waals surface area (Å²) in [5.74, 6) is -1.77. The van der Waals surface area contributed by atoms with Crippen LogP contribution in [0.3, 0.4) is 0 Å². The summed E-state index contributed by atoms with van der Waals surface area (Å²) in [4.78, 5) is 17.1. The van der Waals surface area contributed by atoms with Crippen LogP contribution in [-0.2, 0) is 11.2 Å². The largest absolute Gasteiger partial charge is 0.326 e. The monoisotopic (exact) mass is 391 g/mol. The van der Waals surface area contributed by atoms with E-state index in [0.29, 0.717) is 5.69 Å². The Bertz CT molecular complexity index is 1230. The fourth-order valence-corrected chi connectivity index (χ4v) is 3.17. The van der Waals surface area contributed by atoms with Crippen molar-refractivity contribution in [3.63, 3.8) is 0 Å². The van der Waals surface area contributed by atoms with Crippen molar-refractivity contribution in [2.45, 2.75) is 20.3 Å². The van der Waals surface area contributed by atoms with Crippen molar-refractivity contribution < 1.29 is 13.6 Å². The highest BCUT2D eigenvalue weighted by Gasteiger charge is 2.12. The summed E-state index contributed by atoms with van der Waals surface area (Å²) in [6.45, 7) is 3.89. The molecule has 146 valence electrons. The van der Waals surface area contributed by atoms with Crippen LogP contribution in [0.25, 0.3) is 16.9 Å². The zero-order chi connectivity index (χ0) is 20.5. The third-order valence-electron chi connectivity index (χ3n) is 4.79. The molecule has 4 rings (SSSR count). The van der Waals surface area contributed by atoms with Crippen molar-refractivity contribution >= 4 is 17.2 Å². The minimum Gasteiger partial charge on any atom is -0.326 e. The van der Waals surface area contributed by atoms with Gasteiger partial charge in [-0.15, -0.1) is 0 Å². The Balaban J connectivity index is 1.58. The van der Waals surface area contributed by atoms with E-state index in [-0.39, 0.29) is 17.9 Å². The minimum absolute atomic E-state index is 0.147. The number of nitrogens with one attached hydrogen (secondary N) is 1. The highest BCUT2D eigenvalue weighted by atomic mass is 19.1. The van der Waals surface area contributed by atoms with Gasteiger partial charge in [0.05, 0.1) is 12.1 Å². The predicted molar refractivity (Wildman–Crippen MR) is 109 cm³/mol. The van der Waals surface area contributed by atoms with E-state index in [9.17, 15) is 13.6 Å². The molecule has 2 aromatic heterocycles. The van der Waals surface area contributed by atoms with E-state index in [0.717, 1.165) is 40.2 Å². The van der Waals surface area contributed by atoms with E-state index >= 15 is 0 Å². The molecule has 4 nitrogen and oxygen atoms in total. The van der Waals surface area contributed by atoms with Crippen LogP contribution < -0.4 is 5.32 Å². The summed E-state index contributed by atoms with van der Waals surface area (Å²) in [5, 5.41) is 2.82. The molecule has 0 fully saturated rings. The van der Waals surface area contributed by atoms with Crippen LogP contribution in [-0.4, -0.2) is 15.3 Å². The lowest BCUT2D eigenvalue weighted by Gasteiger charge is -2.10. The highest BCUT2D eigenvalue weighted by molar-refractivity contribution is 5.93. The number of carbonyl (C=O) groups is 1. The van der Waals surface area contributed by atoms with Gasteiger partial charge in [-0.3, -0.25) is 4.79 Å². The zero-order valence-corrected chi connectivity index (χ0v) is 16.0. The van der Waals surface area contributed by atoms with Gasteiger partial charge in [0.15, 0.2) is 0 Å². The molecule has 0 aliphatic carbocycles. The summed E-state index contributed by atoms with van der Waals surface area (Å²) in [6, 6.07) is 12.9. The molecule has 4 aromatic rings. The number of hydrogen-bond donors (Lipinski definition) is 1. The van der Waals surface area contributed by atoms with Gasteiger partial charge >= 0.3 is 0 Å². The van der Waals surface area contributed by atoms with Crippen molar-refractivity contribution in [2.24, 2.45) is 0 Å². The van der Waals surface area contributed by atoms with Gasteiger partial charge in [-0.25, -0.2) is 13.8 Å². The van der Waals surface area contributed by atoms with Crippen LogP contribution in [0, 0.1) is 25.5 Å². The Morgan fingerprint density at radius 2 is 1.90 bits per heavy atom. The zero-order valence-electron chi connectivity index (χ0n) is 16.0. The van der Waals surface area contributed by atoms with Crippen LogP contribution in [0.2, 0.25) is 0 Å². The summed E-state index contributed by atoms with van der Waals surface area (Å²) in [6.07, 6.45) is 3.71. The summed E-state index contributed by atoms with van der Waals surface area (Å²) in [7, 11) is 0. The van der Waals surface area contributed by atoms with Gasteiger partial charge in [-0.05, 0) is 54.8 Å². The Morgan fingerprint density at radius 1 is 1.07 bits per heavy atom. The van der Waals surface area contributed by atoms with Crippen LogP contribution in [0.4, 0.5) is 14.5 Å². The molecule has 0 aliphatic rings. The molecule has 0 spiro atoms. The van der Waals surface area contributed by atoms with Gasteiger partial charge in [-0.2, -0.15) is 0 Å². The Labute approximate surface area is 166 Å². The van der Waals surface area contributed by atoms with Crippen LogP contribution in [0.5, 0.6) is 0 Å². The molecule has 2 aromatic carbocycles.